The first-order valence-corrected chi connectivity index (χ1v) is 9.81. The fraction of sp³-hybridized carbons (Fsp3) is 0.565. The number of hydroxylamine groups is 2. The van der Waals surface area contributed by atoms with Crippen LogP contribution in [0.1, 0.15) is 52.5 Å². The Morgan fingerprint density at radius 1 is 1.00 bits per heavy atom. The van der Waals surface area contributed by atoms with Crippen molar-refractivity contribution in [3.05, 3.63) is 35.9 Å². The van der Waals surface area contributed by atoms with E-state index in [4.69, 9.17) is 9.47 Å². The lowest BCUT2D eigenvalue weighted by molar-refractivity contribution is -0.251. The maximum absolute atomic E-state index is 10.5. The number of aryl methyl sites for hydroxylation is 1. The molecule has 1 saturated heterocycles. The van der Waals surface area contributed by atoms with Crippen molar-refractivity contribution in [2.24, 2.45) is 5.92 Å². The smallest absolute Gasteiger partial charge is 0.130 e. The number of ether oxygens (including phenoxy) is 2. The third-order valence-electron chi connectivity index (χ3n) is 6.00. The molecule has 0 radical (unpaired) electrons. The molecule has 2 aromatic rings. The molecule has 0 amide bonds. The predicted molar refractivity (Wildman–Crippen MR) is 110 cm³/mol. The van der Waals surface area contributed by atoms with E-state index in [2.05, 4.69) is 45.9 Å². The molecule has 4 heteroatoms. The first-order valence-electron chi connectivity index (χ1n) is 9.81. The van der Waals surface area contributed by atoms with Crippen molar-refractivity contribution >= 4 is 10.8 Å². The van der Waals surface area contributed by atoms with Gasteiger partial charge in [-0.15, -0.1) is 0 Å². The number of fused-ring (bicyclic) bond motifs is 1. The van der Waals surface area contributed by atoms with Crippen molar-refractivity contribution in [1.82, 2.24) is 5.06 Å². The Hall–Kier alpha value is -1.78. The highest BCUT2D eigenvalue weighted by atomic mass is 16.5. The summed E-state index contributed by atoms with van der Waals surface area (Å²) in [6, 6.07) is 10.4. The quantitative estimate of drug-likeness (QED) is 0.759. The zero-order valence-electron chi connectivity index (χ0n) is 17.5. The number of piperidine rings is 1. The fourth-order valence-electron chi connectivity index (χ4n) is 5.01. The van der Waals surface area contributed by atoms with Crippen molar-refractivity contribution in [2.45, 2.75) is 64.5 Å². The van der Waals surface area contributed by atoms with Crippen LogP contribution in [0.4, 0.5) is 0 Å². The highest BCUT2D eigenvalue weighted by Crippen LogP contribution is 2.43. The molecule has 3 rings (SSSR count). The molecule has 1 aliphatic heterocycles. The van der Waals surface area contributed by atoms with Crippen LogP contribution in [0.15, 0.2) is 30.3 Å². The van der Waals surface area contributed by atoms with Crippen LogP contribution in [0.25, 0.3) is 10.8 Å². The summed E-state index contributed by atoms with van der Waals surface area (Å²) in [7, 11) is 3.47. The van der Waals surface area contributed by atoms with Crippen LogP contribution in [0.3, 0.4) is 0 Å². The minimum Gasteiger partial charge on any atom is -0.496 e. The van der Waals surface area contributed by atoms with E-state index in [1.807, 2.05) is 12.1 Å². The lowest BCUT2D eigenvalue weighted by Crippen LogP contribution is -2.58. The number of hydrogen-bond acceptors (Lipinski definition) is 4. The highest BCUT2D eigenvalue weighted by Gasteiger charge is 2.44. The van der Waals surface area contributed by atoms with Gasteiger partial charge in [0.2, 0.25) is 0 Å². The summed E-state index contributed by atoms with van der Waals surface area (Å²) in [5.74, 6) is 2.40. The van der Waals surface area contributed by atoms with Gasteiger partial charge in [-0.05, 0) is 70.9 Å². The first-order chi connectivity index (χ1) is 12.7. The number of methoxy groups -OCH3 is 2. The van der Waals surface area contributed by atoms with Crippen LogP contribution >= 0.6 is 0 Å². The average molecular weight is 372 g/mol. The van der Waals surface area contributed by atoms with Gasteiger partial charge in [0.1, 0.15) is 11.5 Å². The van der Waals surface area contributed by atoms with Crippen molar-refractivity contribution in [3.63, 3.8) is 0 Å². The molecule has 0 atom stereocenters. The average Bonchev–Trinajstić information content (AvgIpc) is 2.63. The van der Waals surface area contributed by atoms with Crippen LogP contribution in [0, 0.1) is 5.92 Å². The second-order valence-corrected chi connectivity index (χ2v) is 9.07. The number of rotatable bonds is 5. The van der Waals surface area contributed by atoms with Crippen LogP contribution in [0.5, 0.6) is 11.5 Å². The van der Waals surface area contributed by atoms with Gasteiger partial charge < -0.3 is 14.7 Å². The summed E-state index contributed by atoms with van der Waals surface area (Å²) < 4.78 is 11.4. The molecular weight excluding hydrogens is 338 g/mol. The van der Waals surface area contributed by atoms with Crippen molar-refractivity contribution in [2.75, 3.05) is 14.2 Å². The van der Waals surface area contributed by atoms with Gasteiger partial charge in [-0.1, -0.05) is 24.3 Å². The van der Waals surface area contributed by atoms with E-state index < -0.39 is 0 Å². The van der Waals surface area contributed by atoms with Gasteiger partial charge in [-0.3, -0.25) is 0 Å². The molecule has 0 bridgehead atoms. The predicted octanol–water partition coefficient (Wildman–Crippen LogP) is 5.45. The molecule has 0 spiro atoms. The van der Waals surface area contributed by atoms with Crippen molar-refractivity contribution in [3.8, 4) is 11.5 Å². The molecule has 27 heavy (non-hydrogen) atoms. The van der Waals surface area contributed by atoms with Gasteiger partial charge in [0.25, 0.3) is 0 Å². The number of hydrogen-bond donors (Lipinski definition) is 1. The summed E-state index contributed by atoms with van der Waals surface area (Å²) in [5, 5.41) is 14.3. The Morgan fingerprint density at radius 3 is 2.15 bits per heavy atom. The molecule has 0 unspecified atom stereocenters. The molecule has 1 aliphatic rings. The highest BCUT2D eigenvalue weighted by molar-refractivity contribution is 5.94. The number of nitrogens with zero attached hydrogens (tertiary/aromatic N) is 1. The van der Waals surface area contributed by atoms with E-state index in [-0.39, 0.29) is 11.1 Å². The van der Waals surface area contributed by atoms with Gasteiger partial charge in [-0.25, -0.2) is 0 Å². The molecule has 4 nitrogen and oxygen atoms in total. The molecule has 1 heterocycles. The van der Waals surface area contributed by atoms with Crippen LogP contribution in [-0.4, -0.2) is 35.6 Å². The minimum absolute atomic E-state index is 0.211. The van der Waals surface area contributed by atoms with E-state index in [0.717, 1.165) is 48.0 Å². The first kappa shape index (κ1) is 20.0. The third-order valence-corrected chi connectivity index (χ3v) is 6.00. The third kappa shape index (κ3) is 3.78. The van der Waals surface area contributed by atoms with Gasteiger partial charge in [0.15, 0.2) is 0 Å². The Bertz CT molecular complexity index is 795. The van der Waals surface area contributed by atoms with E-state index in [1.54, 1.807) is 19.3 Å². The Labute approximate surface area is 163 Å². The SMILES string of the molecule is COc1cc(CCC2CC(C)(C)N(O)C(C)(C)C2)c(OC)c2ccccc12. The topological polar surface area (TPSA) is 41.9 Å². The molecule has 0 saturated carbocycles. The van der Waals surface area contributed by atoms with E-state index in [0.29, 0.717) is 5.92 Å². The van der Waals surface area contributed by atoms with Gasteiger partial charge in [0, 0.05) is 21.9 Å². The summed E-state index contributed by atoms with van der Waals surface area (Å²) in [5.41, 5.74) is 0.768. The molecule has 2 aromatic carbocycles. The summed E-state index contributed by atoms with van der Waals surface area (Å²) in [4.78, 5) is 0. The van der Waals surface area contributed by atoms with Gasteiger partial charge in [0.05, 0.1) is 14.2 Å². The molecule has 1 N–H and O–H groups in total. The Balaban J connectivity index is 1.87. The second kappa shape index (κ2) is 7.33. The van der Waals surface area contributed by atoms with Crippen LogP contribution in [-0.2, 0) is 6.42 Å². The second-order valence-electron chi connectivity index (χ2n) is 9.07. The Morgan fingerprint density at radius 2 is 1.59 bits per heavy atom. The maximum atomic E-state index is 10.5. The van der Waals surface area contributed by atoms with Crippen LogP contribution in [0.2, 0.25) is 0 Å². The summed E-state index contributed by atoms with van der Waals surface area (Å²) in [6.07, 6.45) is 3.98. The van der Waals surface area contributed by atoms with Gasteiger partial charge in [-0.2, -0.15) is 5.06 Å². The Kier molecular flexibility index (Phi) is 5.42. The zero-order valence-corrected chi connectivity index (χ0v) is 17.5. The van der Waals surface area contributed by atoms with E-state index >= 15 is 0 Å². The maximum Gasteiger partial charge on any atom is 0.130 e. The summed E-state index contributed by atoms with van der Waals surface area (Å²) >= 11 is 0. The van der Waals surface area contributed by atoms with Crippen molar-refractivity contribution < 1.29 is 14.7 Å². The minimum atomic E-state index is -0.211. The van der Waals surface area contributed by atoms with Crippen molar-refractivity contribution in [1.29, 1.82) is 0 Å². The molecule has 148 valence electrons. The molecular formula is C23H33NO3. The zero-order chi connectivity index (χ0) is 19.8. The van der Waals surface area contributed by atoms with E-state index in [1.165, 1.54) is 5.56 Å². The van der Waals surface area contributed by atoms with Crippen LogP contribution < -0.4 is 9.47 Å². The molecule has 0 aliphatic carbocycles. The normalized spacial score (nSPS) is 20.0. The monoisotopic (exact) mass is 371 g/mol. The standard InChI is InChI=1S/C23H33NO3/c1-22(2)14-16(15-23(3,4)24(22)25)11-12-17-13-20(26-5)18-9-7-8-10-19(18)21(17)27-6/h7-10,13,16,25H,11-12,14-15H2,1-6H3. The lowest BCUT2D eigenvalue weighted by atomic mass is 9.73. The fourth-order valence-corrected chi connectivity index (χ4v) is 5.01. The summed E-state index contributed by atoms with van der Waals surface area (Å²) in [6.45, 7) is 8.50. The van der Waals surface area contributed by atoms with E-state index in [9.17, 15) is 5.21 Å². The molecule has 1 fully saturated rings. The largest absolute Gasteiger partial charge is 0.496 e. The molecule has 0 aromatic heterocycles. The lowest BCUT2D eigenvalue weighted by Gasteiger charge is -2.51. The number of benzene rings is 2. The van der Waals surface area contributed by atoms with Gasteiger partial charge >= 0.3 is 0 Å².